The number of benzene rings is 2. The van der Waals surface area contributed by atoms with Crippen LogP contribution >= 0.6 is 0 Å². The topological polar surface area (TPSA) is 122 Å². The molecule has 2 atom stereocenters. The number of nitro groups is 1. The average Bonchev–Trinajstić information content (AvgIpc) is 3.18. The van der Waals surface area contributed by atoms with Gasteiger partial charge >= 0.3 is 0 Å². The van der Waals surface area contributed by atoms with Crippen LogP contribution in [0.2, 0.25) is 0 Å². The highest BCUT2D eigenvalue weighted by Gasteiger charge is 2.30. The van der Waals surface area contributed by atoms with Crippen LogP contribution in [-0.2, 0) is 25.6 Å². The first-order chi connectivity index (χ1) is 16.6. The summed E-state index contributed by atoms with van der Waals surface area (Å²) in [5.41, 5.74) is 1.34. The van der Waals surface area contributed by atoms with Gasteiger partial charge in [0.1, 0.15) is 22.2 Å². The first-order valence-electron chi connectivity index (χ1n) is 11.1. The lowest BCUT2D eigenvalue weighted by Gasteiger charge is -2.28. The fraction of sp³-hybridized carbons (Fsp3) is 0.375. The van der Waals surface area contributed by atoms with E-state index in [9.17, 15) is 22.9 Å². The fourth-order valence-corrected chi connectivity index (χ4v) is 5.13. The van der Waals surface area contributed by atoms with Crippen LogP contribution in [0.25, 0.3) is 11.5 Å². The summed E-state index contributed by atoms with van der Waals surface area (Å²) in [6.07, 6.45) is 1.48. The smallest absolute Gasteiger partial charge is 0.297 e. The van der Waals surface area contributed by atoms with E-state index in [0.29, 0.717) is 47.7 Å². The van der Waals surface area contributed by atoms with Gasteiger partial charge in [0.05, 0.1) is 23.7 Å². The van der Waals surface area contributed by atoms with E-state index in [1.165, 1.54) is 31.2 Å². The van der Waals surface area contributed by atoms with Crippen molar-refractivity contribution in [2.75, 3.05) is 0 Å². The summed E-state index contributed by atoms with van der Waals surface area (Å²) in [6, 6.07) is 9.54. The van der Waals surface area contributed by atoms with E-state index >= 15 is 0 Å². The number of aromatic nitrogens is 1. The zero-order valence-electron chi connectivity index (χ0n) is 19.3. The highest BCUT2D eigenvalue weighted by Crippen LogP contribution is 2.30. The second-order valence-electron chi connectivity index (χ2n) is 8.51. The largest absolute Gasteiger partial charge is 0.441 e. The lowest BCUT2D eigenvalue weighted by atomic mass is 9.95. The molecule has 35 heavy (non-hydrogen) atoms. The number of oxazole rings is 1. The van der Waals surface area contributed by atoms with Crippen molar-refractivity contribution in [1.29, 1.82) is 0 Å². The van der Waals surface area contributed by atoms with Crippen LogP contribution in [0.5, 0.6) is 0 Å². The van der Waals surface area contributed by atoms with Crippen molar-refractivity contribution in [3.63, 3.8) is 0 Å². The van der Waals surface area contributed by atoms with E-state index in [1.807, 2.05) is 0 Å². The van der Waals surface area contributed by atoms with Crippen molar-refractivity contribution in [2.45, 2.75) is 63.2 Å². The SMILES string of the molecule is Cc1ccc(S(=O)(=O)O[C@H]2CCC[C@@H](OCc3nc(-c4ccc(F)cc4)oc3C)C2)cc1[N+](=O)[O-]. The quantitative estimate of drug-likeness (QED) is 0.232. The molecule has 0 N–H and O–H groups in total. The molecule has 0 aliphatic heterocycles. The van der Waals surface area contributed by atoms with Gasteiger partial charge in [-0.05, 0) is 63.4 Å². The van der Waals surface area contributed by atoms with E-state index in [4.69, 9.17) is 13.3 Å². The Kier molecular flexibility index (Phi) is 7.29. The minimum Gasteiger partial charge on any atom is -0.441 e. The number of hydrogen-bond acceptors (Lipinski definition) is 8. The normalized spacial score (nSPS) is 18.5. The number of halogens is 1. The molecule has 0 spiro atoms. The zero-order valence-corrected chi connectivity index (χ0v) is 20.1. The zero-order chi connectivity index (χ0) is 25.2. The second kappa shape index (κ2) is 10.2. The lowest BCUT2D eigenvalue weighted by molar-refractivity contribution is -0.385. The van der Waals surface area contributed by atoms with Crippen LogP contribution in [0.15, 0.2) is 51.8 Å². The third kappa shape index (κ3) is 5.92. The third-order valence-corrected chi connectivity index (χ3v) is 7.30. The van der Waals surface area contributed by atoms with Gasteiger partial charge in [0, 0.05) is 23.6 Å². The molecule has 4 rings (SSSR count). The monoisotopic (exact) mass is 504 g/mol. The van der Waals surface area contributed by atoms with Gasteiger partial charge in [-0.25, -0.2) is 9.37 Å². The van der Waals surface area contributed by atoms with E-state index in [-0.39, 0.29) is 29.1 Å². The summed E-state index contributed by atoms with van der Waals surface area (Å²) < 4.78 is 55.7. The van der Waals surface area contributed by atoms with Crippen molar-refractivity contribution in [2.24, 2.45) is 0 Å². The molecule has 0 bridgehead atoms. The van der Waals surface area contributed by atoms with Crippen LogP contribution in [0.3, 0.4) is 0 Å². The molecule has 0 amide bonds. The number of nitro benzene ring substituents is 1. The first kappa shape index (κ1) is 25.0. The summed E-state index contributed by atoms with van der Waals surface area (Å²) in [6.45, 7) is 3.47. The van der Waals surface area contributed by atoms with Crippen molar-refractivity contribution < 1.29 is 31.1 Å². The van der Waals surface area contributed by atoms with Crippen molar-refractivity contribution in [3.8, 4) is 11.5 Å². The Hall–Kier alpha value is -3.15. The van der Waals surface area contributed by atoms with Crippen molar-refractivity contribution >= 4 is 15.8 Å². The Labute approximate surface area is 202 Å². The molecular weight excluding hydrogens is 479 g/mol. The maximum absolute atomic E-state index is 13.2. The Bertz CT molecular complexity index is 1320. The van der Waals surface area contributed by atoms with Gasteiger partial charge in [0.25, 0.3) is 15.8 Å². The van der Waals surface area contributed by atoms with Crippen LogP contribution in [0.4, 0.5) is 10.1 Å². The van der Waals surface area contributed by atoms with Crippen molar-refractivity contribution in [1.82, 2.24) is 4.98 Å². The fourth-order valence-electron chi connectivity index (χ4n) is 3.99. The van der Waals surface area contributed by atoms with Crippen LogP contribution < -0.4 is 0 Å². The first-order valence-corrected chi connectivity index (χ1v) is 12.6. The molecule has 2 aromatic carbocycles. The van der Waals surface area contributed by atoms with Gasteiger partial charge in [-0.1, -0.05) is 6.07 Å². The minimum atomic E-state index is -4.17. The molecule has 1 heterocycles. The molecule has 0 radical (unpaired) electrons. The summed E-state index contributed by atoms with van der Waals surface area (Å²) in [5.74, 6) is 0.595. The standard InChI is InChI=1S/C24H25FN2O7S/c1-15-6-11-21(13-23(15)27(28)29)35(30,31)34-20-5-3-4-19(12-20)32-14-22-16(2)33-24(26-22)17-7-9-18(25)10-8-17/h6-11,13,19-20H,3-5,12,14H2,1-2H3/t19-,20+/m1/s1. The second-order valence-corrected chi connectivity index (χ2v) is 10.1. The van der Waals surface area contributed by atoms with Gasteiger partial charge < -0.3 is 9.15 Å². The Morgan fingerprint density at radius 1 is 1.14 bits per heavy atom. The minimum absolute atomic E-state index is 0.171. The highest BCUT2D eigenvalue weighted by molar-refractivity contribution is 7.86. The molecular formula is C24H25FN2O7S. The van der Waals surface area contributed by atoms with Gasteiger partial charge in [0.15, 0.2) is 0 Å². The summed E-state index contributed by atoms with van der Waals surface area (Å²) in [7, 11) is -4.17. The van der Waals surface area contributed by atoms with Gasteiger partial charge in [-0.2, -0.15) is 8.42 Å². The van der Waals surface area contributed by atoms with Crippen molar-refractivity contribution in [3.05, 3.63) is 75.4 Å². The van der Waals surface area contributed by atoms with Gasteiger partial charge in [-0.15, -0.1) is 0 Å². The molecule has 1 aliphatic carbocycles. The van der Waals surface area contributed by atoms with E-state index < -0.39 is 21.1 Å². The predicted molar refractivity (Wildman–Crippen MR) is 124 cm³/mol. The van der Waals surface area contributed by atoms with Crippen LogP contribution in [0, 0.1) is 29.8 Å². The summed E-state index contributed by atoms with van der Waals surface area (Å²) in [4.78, 5) is 14.7. The third-order valence-electron chi connectivity index (χ3n) is 5.95. The van der Waals surface area contributed by atoms with E-state index in [1.54, 1.807) is 19.1 Å². The molecule has 1 aromatic heterocycles. The maximum atomic E-state index is 13.2. The van der Waals surface area contributed by atoms with Crippen LogP contribution in [-0.4, -0.2) is 30.5 Å². The van der Waals surface area contributed by atoms with E-state index in [2.05, 4.69) is 4.98 Å². The molecule has 3 aromatic rings. The molecule has 11 heteroatoms. The Morgan fingerprint density at radius 3 is 2.57 bits per heavy atom. The highest BCUT2D eigenvalue weighted by atomic mass is 32.2. The molecule has 1 fully saturated rings. The number of nitrogens with zero attached hydrogens (tertiary/aromatic N) is 2. The average molecular weight is 505 g/mol. The molecule has 186 valence electrons. The Balaban J connectivity index is 1.38. The molecule has 9 nitrogen and oxygen atoms in total. The number of rotatable bonds is 8. The summed E-state index contributed by atoms with van der Waals surface area (Å²) >= 11 is 0. The van der Waals surface area contributed by atoms with Crippen LogP contribution in [0.1, 0.15) is 42.7 Å². The Morgan fingerprint density at radius 2 is 1.86 bits per heavy atom. The van der Waals surface area contributed by atoms with E-state index in [0.717, 1.165) is 12.5 Å². The molecule has 0 saturated heterocycles. The predicted octanol–water partition coefficient (Wildman–Crippen LogP) is 5.24. The molecule has 0 unspecified atom stereocenters. The number of aryl methyl sites for hydroxylation is 2. The lowest BCUT2D eigenvalue weighted by Crippen LogP contribution is -2.30. The number of hydrogen-bond donors (Lipinski definition) is 0. The van der Waals surface area contributed by atoms with Gasteiger partial charge in [0.2, 0.25) is 5.89 Å². The molecule has 1 saturated carbocycles. The van der Waals surface area contributed by atoms with Gasteiger partial charge in [-0.3, -0.25) is 14.3 Å². The summed E-state index contributed by atoms with van der Waals surface area (Å²) in [5, 5.41) is 11.2. The molecule has 1 aliphatic rings. The number of ether oxygens (including phenoxy) is 1. The maximum Gasteiger partial charge on any atom is 0.297 e.